The average molecular weight is 292 g/mol. The Balaban J connectivity index is 2.05. The summed E-state index contributed by atoms with van der Waals surface area (Å²) in [5.74, 6) is 0.735. The van der Waals surface area contributed by atoms with Crippen molar-refractivity contribution < 1.29 is 0 Å². The second-order valence-electron chi connectivity index (χ2n) is 7.19. The van der Waals surface area contributed by atoms with Gasteiger partial charge >= 0.3 is 0 Å². The smallest absolute Gasteiger partial charge is 0.0965 e. The number of rotatable bonds is 4. The summed E-state index contributed by atoms with van der Waals surface area (Å²) in [5.41, 5.74) is 1.39. The first-order chi connectivity index (χ1) is 9.35. The van der Waals surface area contributed by atoms with E-state index in [0.29, 0.717) is 6.04 Å². The van der Waals surface area contributed by atoms with Crippen LogP contribution in [0, 0.1) is 5.92 Å². The van der Waals surface area contributed by atoms with E-state index in [9.17, 15) is 0 Å². The molecule has 0 N–H and O–H groups in total. The van der Waals surface area contributed by atoms with Crippen LogP contribution in [0.5, 0.6) is 0 Å². The first-order valence-corrected chi connectivity index (χ1v) is 8.56. The predicted molar refractivity (Wildman–Crippen MR) is 88.2 cm³/mol. The van der Waals surface area contributed by atoms with Crippen LogP contribution in [0.2, 0.25) is 0 Å². The molecule has 112 valence electrons. The molecule has 1 saturated heterocycles. The fraction of sp³-hybridized carbons (Fsp3) is 0.706. The molecule has 1 fully saturated rings. The summed E-state index contributed by atoms with van der Waals surface area (Å²) in [5, 5.41) is 1.13. The minimum absolute atomic E-state index is 0.228. The molecule has 2 heterocycles. The lowest BCUT2D eigenvalue weighted by molar-refractivity contribution is 0.228. The third kappa shape index (κ3) is 4.49. The number of nitrogens with zero attached hydrogens (tertiary/aromatic N) is 2. The summed E-state index contributed by atoms with van der Waals surface area (Å²) in [7, 11) is 0. The molecule has 2 nitrogen and oxygen atoms in total. The van der Waals surface area contributed by atoms with E-state index in [2.05, 4.69) is 62.8 Å². The summed E-state index contributed by atoms with van der Waals surface area (Å²) in [6.07, 6.45) is 4.69. The van der Waals surface area contributed by atoms with E-state index >= 15 is 0 Å². The van der Waals surface area contributed by atoms with Gasteiger partial charge in [0.2, 0.25) is 0 Å². The van der Waals surface area contributed by atoms with Crippen molar-refractivity contribution in [3.63, 3.8) is 0 Å². The van der Waals surface area contributed by atoms with Crippen LogP contribution in [0.4, 0.5) is 0 Å². The molecule has 1 aliphatic heterocycles. The Morgan fingerprint density at radius 3 is 2.65 bits per heavy atom. The highest BCUT2D eigenvalue weighted by molar-refractivity contribution is 8.00. The van der Waals surface area contributed by atoms with Gasteiger partial charge in [-0.2, -0.15) is 0 Å². The van der Waals surface area contributed by atoms with E-state index in [-0.39, 0.29) is 4.75 Å². The Labute approximate surface area is 128 Å². The Kier molecular flexibility index (Phi) is 5.14. The van der Waals surface area contributed by atoms with Gasteiger partial charge in [0, 0.05) is 23.5 Å². The van der Waals surface area contributed by atoms with Crippen molar-refractivity contribution in [3.8, 4) is 0 Å². The molecule has 0 amide bonds. The Hall–Kier alpha value is -0.540. The molecule has 2 rings (SSSR count). The fourth-order valence-corrected chi connectivity index (χ4v) is 3.72. The molecule has 0 spiro atoms. The van der Waals surface area contributed by atoms with Crippen LogP contribution in [0.3, 0.4) is 0 Å². The van der Waals surface area contributed by atoms with E-state index in [1.807, 2.05) is 11.8 Å². The number of likely N-dealkylation sites (tertiary alicyclic amines) is 1. The van der Waals surface area contributed by atoms with E-state index in [1.165, 1.54) is 31.5 Å². The van der Waals surface area contributed by atoms with Crippen LogP contribution in [-0.4, -0.2) is 27.7 Å². The highest BCUT2D eigenvalue weighted by atomic mass is 32.2. The van der Waals surface area contributed by atoms with Gasteiger partial charge in [0.05, 0.1) is 5.03 Å². The molecule has 1 aromatic heterocycles. The van der Waals surface area contributed by atoms with E-state index in [4.69, 9.17) is 0 Å². The molecule has 1 aromatic rings. The van der Waals surface area contributed by atoms with Crippen molar-refractivity contribution in [2.75, 3.05) is 13.1 Å². The van der Waals surface area contributed by atoms with Gasteiger partial charge in [0.15, 0.2) is 0 Å². The van der Waals surface area contributed by atoms with E-state index < -0.39 is 0 Å². The Bertz CT molecular complexity index is 420. The van der Waals surface area contributed by atoms with Gasteiger partial charge in [0.1, 0.15) is 0 Å². The summed E-state index contributed by atoms with van der Waals surface area (Å²) in [4.78, 5) is 7.28. The maximum atomic E-state index is 4.66. The molecule has 0 radical (unpaired) electrons. The van der Waals surface area contributed by atoms with Gasteiger partial charge in [-0.25, -0.2) is 4.98 Å². The molecule has 20 heavy (non-hydrogen) atoms. The number of hydrogen-bond donors (Lipinski definition) is 0. The maximum absolute atomic E-state index is 4.66. The molecule has 3 heteroatoms. The van der Waals surface area contributed by atoms with Gasteiger partial charge in [-0.1, -0.05) is 40.7 Å². The molecular formula is C17H28N2S. The highest BCUT2D eigenvalue weighted by Crippen LogP contribution is 2.34. The number of pyridine rings is 1. The van der Waals surface area contributed by atoms with Crippen LogP contribution in [0.15, 0.2) is 23.4 Å². The second kappa shape index (κ2) is 6.48. The average Bonchev–Trinajstić information content (AvgIpc) is 2.75. The van der Waals surface area contributed by atoms with Crippen LogP contribution in [0.25, 0.3) is 0 Å². The third-order valence-electron chi connectivity index (χ3n) is 3.52. The quantitative estimate of drug-likeness (QED) is 0.744. The zero-order valence-corrected chi connectivity index (χ0v) is 14.3. The Morgan fingerprint density at radius 2 is 2.10 bits per heavy atom. The number of thioether (sulfide) groups is 1. The molecule has 1 aliphatic rings. The molecule has 1 unspecified atom stereocenters. The van der Waals surface area contributed by atoms with Crippen LogP contribution < -0.4 is 0 Å². The Morgan fingerprint density at radius 1 is 1.35 bits per heavy atom. The number of hydrogen-bond acceptors (Lipinski definition) is 3. The minimum atomic E-state index is 0.228. The fourth-order valence-electron chi connectivity index (χ4n) is 2.85. The zero-order chi connectivity index (χ0) is 14.8. The van der Waals surface area contributed by atoms with Gasteiger partial charge < -0.3 is 0 Å². The number of aromatic nitrogens is 1. The van der Waals surface area contributed by atoms with Crippen molar-refractivity contribution in [3.05, 3.63) is 23.9 Å². The zero-order valence-electron chi connectivity index (χ0n) is 13.5. The summed E-state index contributed by atoms with van der Waals surface area (Å²) < 4.78 is 0.228. The van der Waals surface area contributed by atoms with Crippen molar-refractivity contribution in [1.29, 1.82) is 0 Å². The summed E-state index contributed by atoms with van der Waals surface area (Å²) in [6, 6.07) is 5.06. The van der Waals surface area contributed by atoms with Crippen LogP contribution in [0.1, 0.15) is 59.1 Å². The molecule has 1 atom stereocenters. The largest absolute Gasteiger partial charge is 0.296 e. The molecule has 0 bridgehead atoms. The normalized spacial score (nSPS) is 20.8. The van der Waals surface area contributed by atoms with Crippen molar-refractivity contribution in [1.82, 2.24) is 9.88 Å². The van der Waals surface area contributed by atoms with Crippen LogP contribution in [-0.2, 0) is 0 Å². The molecule has 0 aromatic carbocycles. The summed E-state index contributed by atoms with van der Waals surface area (Å²) >= 11 is 1.84. The third-order valence-corrected chi connectivity index (χ3v) is 4.58. The topological polar surface area (TPSA) is 16.1 Å². The van der Waals surface area contributed by atoms with Gasteiger partial charge in [-0.3, -0.25) is 4.90 Å². The molecule has 0 aliphatic carbocycles. The SMILES string of the molecule is CC(C)CN1CCCC1c1ccc(SC(C)(C)C)nc1. The van der Waals surface area contributed by atoms with Gasteiger partial charge in [0.25, 0.3) is 0 Å². The van der Waals surface area contributed by atoms with Crippen LogP contribution >= 0.6 is 11.8 Å². The van der Waals surface area contributed by atoms with E-state index in [1.54, 1.807) is 0 Å². The van der Waals surface area contributed by atoms with Crippen molar-refractivity contribution in [2.45, 2.75) is 63.3 Å². The second-order valence-corrected chi connectivity index (χ2v) is 9.04. The lowest BCUT2D eigenvalue weighted by Gasteiger charge is -2.26. The molecule has 0 saturated carbocycles. The highest BCUT2D eigenvalue weighted by Gasteiger charge is 2.26. The first-order valence-electron chi connectivity index (χ1n) is 7.74. The minimum Gasteiger partial charge on any atom is -0.296 e. The first kappa shape index (κ1) is 15.8. The standard InChI is InChI=1S/C17H28N2S/c1-13(2)12-19-10-6-7-15(19)14-8-9-16(18-11-14)20-17(3,4)5/h8-9,11,13,15H,6-7,10,12H2,1-5H3. The van der Waals surface area contributed by atoms with Crippen molar-refractivity contribution in [2.24, 2.45) is 5.92 Å². The lowest BCUT2D eigenvalue weighted by atomic mass is 10.1. The maximum Gasteiger partial charge on any atom is 0.0965 e. The van der Waals surface area contributed by atoms with Crippen molar-refractivity contribution >= 4 is 11.8 Å². The van der Waals surface area contributed by atoms with E-state index in [0.717, 1.165) is 10.9 Å². The lowest BCUT2D eigenvalue weighted by Crippen LogP contribution is -2.27. The predicted octanol–water partition coefficient (Wildman–Crippen LogP) is 4.77. The summed E-state index contributed by atoms with van der Waals surface area (Å²) in [6.45, 7) is 13.7. The van der Waals surface area contributed by atoms with Gasteiger partial charge in [-0.05, 0) is 36.9 Å². The monoisotopic (exact) mass is 292 g/mol. The van der Waals surface area contributed by atoms with Gasteiger partial charge in [-0.15, -0.1) is 11.8 Å². The molecular weight excluding hydrogens is 264 g/mol.